The van der Waals surface area contributed by atoms with Crippen molar-refractivity contribution in [2.45, 2.75) is 6.54 Å². The Kier molecular flexibility index (Phi) is 5.02. The topological polar surface area (TPSA) is 46.1 Å². The van der Waals surface area contributed by atoms with Crippen LogP contribution in [0.3, 0.4) is 0 Å². The fourth-order valence-electron chi connectivity index (χ4n) is 2.67. The first-order valence-corrected chi connectivity index (χ1v) is 9.43. The van der Waals surface area contributed by atoms with Crippen LogP contribution in [0.15, 0.2) is 60.8 Å². The number of halogens is 3. The van der Waals surface area contributed by atoms with Gasteiger partial charge in [-0.25, -0.2) is 13.8 Å². The largest absolute Gasteiger partial charge is 0.278 e. The van der Waals surface area contributed by atoms with Crippen LogP contribution in [0.25, 0.3) is 10.2 Å². The molecule has 0 atom stereocenters. The fourth-order valence-corrected chi connectivity index (χ4v) is 3.91. The minimum Gasteiger partial charge on any atom is -0.278 e. The molecule has 4 aromatic rings. The van der Waals surface area contributed by atoms with Gasteiger partial charge in [0.2, 0.25) is 0 Å². The summed E-state index contributed by atoms with van der Waals surface area (Å²) in [7, 11) is 0. The maximum absolute atomic E-state index is 13.7. The van der Waals surface area contributed by atoms with Crippen molar-refractivity contribution in [3.05, 3.63) is 88.7 Å². The van der Waals surface area contributed by atoms with E-state index in [1.54, 1.807) is 42.6 Å². The maximum Gasteiger partial charge on any atom is 0.260 e. The van der Waals surface area contributed by atoms with Crippen LogP contribution in [0.5, 0.6) is 0 Å². The summed E-state index contributed by atoms with van der Waals surface area (Å²) in [6, 6.07) is 13.6. The number of rotatable bonds is 4. The molecule has 0 aliphatic rings. The zero-order valence-electron chi connectivity index (χ0n) is 14.3. The lowest BCUT2D eigenvalue weighted by atomic mass is 10.2. The number of nitrogens with zero attached hydrogens (tertiary/aromatic N) is 3. The third-order valence-electron chi connectivity index (χ3n) is 4.03. The van der Waals surface area contributed by atoms with Crippen molar-refractivity contribution < 1.29 is 13.6 Å². The van der Waals surface area contributed by atoms with Crippen LogP contribution in [-0.4, -0.2) is 15.9 Å². The van der Waals surface area contributed by atoms with E-state index in [0.717, 1.165) is 16.8 Å². The van der Waals surface area contributed by atoms with Gasteiger partial charge in [-0.05, 0) is 48.5 Å². The van der Waals surface area contributed by atoms with Crippen LogP contribution in [0, 0.1) is 11.6 Å². The zero-order valence-corrected chi connectivity index (χ0v) is 15.8. The maximum atomic E-state index is 13.7. The molecule has 140 valence electrons. The summed E-state index contributed by atoms with van der Waals surface area (Å²) in [5.41, 5.74) is 1.34. The second-order valence-electron chi connectivity index (χ2n) is 5.95. The molecule has 0 saturated carbocycles. The Labute approximate surface area is 168 Å². The third kappa shape index (κ3) is 3.72. The van der Waals surface area contributed by atoms with Gasteiger partial charge in [0, 0.05) is 16.8 Å². The number of amides is 1. The Morgan fingerprint density at radius 1 is 1.07 bits per heavy atom. The molecule has 2 aromatic heterocycles. The van der Waals surface area contributed by atoms with E-state index in [1.165, 1.54) is 22.3 Å². The standard InChI is InChI=1S/C20H12ClF2N3OS/c21-13-5-7-17-18(10-13)28-20(25-17)26(11-14-3-1-2-8-24-14)19(27)12-4-6-15(22)16(23)9-12/h1-10H,11H2. The molecule has 0 saturated heterocycles. The average molecular weight is 416 g/mol. The molecule has 0 radical (unpaired) electrons. The van der Waals surface area contributed by atoms with Gasteiger partial charge in [-0.2, -0.15) is 0 Å². The lowest BCUT2D eigenvalue weighted by molar-refractivity contribution is 0.0984. The van der Waals surface area contributed by atoms with Crippen molar-refractivity contribution in [3.8, 4) is 0 Å². The molecule has 2 heterocycles. The van der Waals surface area contributed by atoms with Crippen LogP contribution in [0.2, 0.25) is 5.02 Å². The Bertz CT molecular complexity index is 1170. The van der Waals surface area contributed by atoms with Crippen molar-refractivity contribution in [1.82, 2.24) is 9.97 Å². The van der Waals surface area contributed by atoms with Gasteiger partial charge in [-0.1, -0.05) is 29.0 Å². The SMILES string of the molecule is O=C(c1ccc(F)c(F)c1)N(Cc1ccccn1)c1nc2ccc(Cl)cc2s1. The first kappa shape index (κ1) is 18.5. The summed E-state index contributed by atoms with van der Waals surface area (Å²) < 4.78 is 27.7. The van der Waals surface area contributed by atoms with Gasteiger partial charge >= 0.3 is 0 Å². The van der Waals surface area contributed by atoms with Gasteiger partial charge in [-0.15, -0.1) is 0 Å². The molecule has 1 amide bonds. The number of pyridine rings is 1. The van der Waals surface area contributed by atoms with Crippen LogP contribution >= 0.6 is 22.9 Å². The van der Waals surface area contributed by atoms with E-state index in [2.05, 4.69) is 9.97 Å². The van der Waals surface area contributed by atoms with E-state index in [-0.39, 0.29) is 12.1 Å². The predicted octanol–water partition coefficient (Wildman–Crippen LogP) is 5.47. The average Bonchev–Trinajstić information content (AvgIpc) is 3.11. The van der Waals surface area contributed by atoms with E-state index in [1.807, 2.05) is 0 Å². The molecule has 28 heavy (non-hydrogen) atoms. The van der Waals surface area contributed by atoms with Gasteiger partial charge in [0.05, 0.1) is 22.5 Å². The number of benzene rings is 2. The van der Waals surface area contributed by atoms with Crippen LogP contribution in [0.1, 0.15) is 16.1 Å². The van der Waals surface area contributed by atoms with Crippen molar-refractivity contribution >= 4 is 44.2 Å². The summed E-state index contributed by atoms with van der Waals surface area (Å²) in [6.07, 6.45) is 1.62. The molecular formula is C20H12ClF2N3OS. The minimum absolute atomic E-state index is 0.0205. The lowest BCUT2D eigenvalue weighted by Gasteiger charge is -2.19. The zero-order chi connectivity index (χ0) is 19.7. The van der Waals surface area contributed by atoms with Crippen LogP contribution < -0.4 is 4.90 Å². The molecule has 0 fully saturated rings. The monoisotopic (exact) mass is 415 g/mol. The summed E-state index contributed by atoms with van der Waals surface area (Å²) in [5.74, 6) is -2.60. The lowest BCUT2D eigenvalue weighted by Crippen LogP contribution is -2.30. The van der Waals surface area contributed by atoms with Crippen molar-refractivity contribution in [1.29, 1.82) is 0 Å². The molecule has 0 bridgehead atoms. The highest BCUT2D eigenvalue weighted by molar-refractivity contribution is 7.22. The number of carbonyl (C=O) groups is 1. The first-order chi connectivity index (χ1) is 13.5. The molecule has 8 heteroatoms. The summed E-state index contributed by atoms with van der Waals surface area (Å²) in [5, 5.41) is 0.976. The molecule has 0 unspecified atom stereocenters. The Hall–Kier alpha value is -2.90. The highest BCUT2D eigenvalue weighted by atomic mass is 35.5. The van der Waals surface area contributed by atoms with E-state index in [4.69, 9.17) is 11.6 Å². The fraction of sp³-hybridized carbons (Fsp3) is 0.0500. The molecule has 0 aliphatic heterocycles. The molecule has 0 spiro atoms. The molecule has 4 rings (SSSR count). The van der Waals surface area contributed by atoms with E-state index in [9.17, 15) is 13.6 Å². The van der Waals surface area contributed by atoms with Crippen molar-refractivity contribution in [2.24, 2.45) is 0 Å². The summed E-state index contributed by atoms with van der Waals surface area (Å²) >= 11 is 7.32. The molecule has 4 nitrogen and oxygen atoms in total. The second kappa shape index (κ2) is 7.61. The summed E-state index contributed by atoms with van der Waals surface area (Å²) in [4.78, 5) is 23.3. The van der Waals surface area contributed by atoms with E-state index >= 15 is 0 Å². The highest BCUT2D eigenvalue weighted by Crippen LogP contribution is 2.32. The first-order valence-electron chi connectivity index (χ1n) is 8.24. The predicted molar refractivity (Wildman–Crippen MR) is 106 cm³/mol. The van der Waals surface area contributed by atoms with Gasteiger partial charge < -0.3 is 0 Å². The normalized spacial score (nSPS) is 11.0. The number of fused-ring (bicyclic) bond motifs is 1. The highest BCUT2D eigenvalue weighted by Gasteiger charge is 2.23. The van der Waals surface area contributed by atoms with Crippen molar-refractivity contribution in [3.63, 3.8) is 0 Å². The quantitative estimate of drug-likeness (QED) is 0.444. The van der Waals surface area contributed by atoms with Gasteiger partial charge in [-0.3, -0.25) is 14.7 Å². The number of anilines is 1. The number of aromatic nitrogens is 2. The molecule has 0 aliphatic carbocycles. The number of hydrogen-bond donors (Lipinski definition) is 0. The number of hydrogen-bond acceptors (Lipinski definition) is 4. The van der Waals surface area contributed by atoms with E-state index in [0.29, 0.717) is 21.4 Å². The van der Waals surface area contributed by atoms with E-state index < -0.39 is 17.5 Å². The number of carbonyl (C=O) groups excluding carboxylic acids is 1. The van der Waals surface area contributed by atoms with Crippen LogP contribution in [0.4, 0.5) is 13.9 Å². The minimum atomic E-state index is -1.08. The van der Waals surface area contributed by atoms with Gasteiger partial charge in [0.25, 0.3) is 5.91 Å². The Morgan fingerprint density at radius 3 is 2.68 bits per heavy atom. The van der Waals surface area contributed by atoms with Gasteiger partial charge in [0.15, 0.2) is 16.8 Å². The Balaban J connectivity index is 1.78. The molecule has 2 aromatic carbocycles. The summed E-state index contributed by atoms with van der Waals surface area (Å²) in [6.45, 7) is 0.131. The number of thiazole rings is 1. The van der Waals surface area contributed by atoms with Crippen LogP contribution in [-0.2, 0) is 6.54 Å². The van der Waals surface area contributed by atoms with Gasteiger partial charge in [0.1, 0.15) is 0 Å². The van der Waals surface area contributed by atoms with Crippen molar-refractivity contribution in [2.75, 3.05) is 4.90 Å². The Morgan fingerprint density at radius 2 is 1.93 bits per heavy atom. The second-order valence-corrected chi connectivity index (χ2v) is 7.40. The molecule has 0 N–H and O–H groups in total. The molecular weight excluding hydrogens is 404 g/mol. The smallest absolute Gasteiger partial charge is 0.260 e. The third-order valence-corrected chi connectivity index (χ3v) is 5.30.